The Balaban J connectivity index is 1.11. The van der Waals surface area contributed by atoms with Crippen molar-refractivity contribution < 1.29 is 9.59 Å². The van der Waals surface area contributed by atoms with Gasteiger partial charge in [0.05, 0.1) is 16.0 Å². The monoisotopic (exact) mass is 509 g/mol. The number of piperidine rings is 1. The molecule has 2 aliphatic heterocycles. The zero-order valence-electron chi connectivity index (χ0n) is 19.0. The Kier molecular flexibility index (Phi) is 6.88. The van der Waals surface area contributed by atoms with E-state index in [2.05, 4.69) is 27.6 Å². The van der Waals surface area contributed by atoms with Crippen molar-refractivity contribution in [3.05, 3.63) is 82.0 Å². The van der Waals surface area contributed by atoms with Gasteiger partial charge in [-0.1, -0.05) is 35.3 Å². The number of aromatic nitrogens is 2. The molecule has 0 bridgehead atoms. The molecule has 9 heteroatoms. The number of nitrogens with one attached hydrogen (secondary N) is 1. The second-order valence-electron chi connectivity index (χ2n) is 8.99. The number of carbonyl (C=O) groups is 2. The van der Waals surface area contributed by atoms with Gasteiger partial charge in [-0.25, -0.2) is 0 Å². The van der Waals surface area contributed by atoms with Crippen LogP contribution in [0.5, 0.6) is 0 Å². The summed E-state index contributed by atoms with van der Waals surface area (Å²) in [5.41, 5.74) is 2.58. The predicted octanol–water partition coefficient (Wildman–Crippen LogP) is 4.88. The summed E-state index contributed by atoms with van der Waals surface area (Å²) in [5, 5.41) is 11.8. The van der Waals surface area contributed by atoms with Crippen molar-refractivity contribution in [1.29, 1.82) is 0 Å². The lowest BCUT2D eigenvalue weighted by atomic mass is 9.89. The summed E-state index contributed by atoms with van der Waals surface area (Å²) in [6.45, 7) is 2.66. The number of likely N-dealkylation sites (tertiary alicyclic amines) is 1. The third kappa shape index (κ3) is 5.26. The molecule has 7 nitrogen and oxygen atoms in total. The van der Waals surface area contributed by atoms with Crippen LogP contribution in [0.15, 0.2) is 60.8 Å². The third-order valence-corrected chi connectivity index (χ3v) is 7.47. The molecule has 2 fully saturated rings. The van der Waals surface area contributed by atoms with Gasteiger partial charge >= 0.3 is 0 Å². The molecule has 2 aliphatic rings. The first kappa shape index (κ1) is 23.6. The Morgan fingerprint density at radius 1 is 0.943 bits per heavy atom. The number of halogens is 2. The molecule has 2 saturated heterocycles. The maximum Gasteiger partial charge on any atom is 0.253 e. The zero-order chi connectivity index (χ0) is 24.4. The molecule has 2 aromatic carbocycles. The quantitative estimate of drug-likeness (QED) is 0.530. The molecule has 0 unspecified atom stereocenters. The van der Waals surface area contributed by atoms with Crippen LogP contribution in [0.2, 0.25) is 10.0 Å². The van der Waals surface area contributed by atoms with Crippen molar-refractivity contribution in [1.82, 2.24) is 15.1 Å². The third-order valence-electron chi connectivity index (χ3n) is 6.73. The van der Waals surface area contributed by atoms with Crippen LogP contribution in [0.4, 0.5) is 11.5 Å². The van der Waals surface area contributed by atoms with Crippen LogP contribution in [0.3, 0.4) is 0 Å². The van der Waals surface area contributed by atoms with Gasteiger partial charge in [0.2, 0.25) is 5.91 Å². The minimum Gasteiger partial charge on any atom is -0.353 e. The number of hydrogen-bond acceptors (Lipinski definition) is 5. The summed E-state index contributed by atoms with van der Waals surface area (Å²) < 4.78 is 0. The Morgan fingerprint density at radius 3 is 2.34 bits per heavy atom. The summed E-state index contributed by atoms with van der Waals surface area (Å²) in [5.74, 6) is 1.12. The van der Waals surface area contributed by atoms with Crippen molar-refractivity contribution in [3.8, 4) is 0 Å². The molecular weight excluding hydrogens is 485 g/mol. The van der Waals surface area contributed by atoms with E-state index in [0.29, 0.717) is 47.7 Å². The van der Waals surface area contributed by atoms with Crippen molar-refractivity contribution in [2.75, 3.05) is 36.4 Å². The molecule has 0 aliphatic carbocycles. The van der Waals surface area contributed by atoms with E-state index >= 15 is 0 Å². The fourth-order valence-corrected chi connectivity index (χ4v) is 4.90. The van der Waals surface area contributed by atoms with E-state index in [9.17, 15) is 9.59 Å². The number of nitrogens with zero attached hydrogens (tertiary/aromatic N) is 4. The van der Waals surface area contributed by atoms with Gasteiger partial charge in [-0.3, -0.25) is 9.59 Å². The lowest BCUT2D eigenvalue weighted by molar-refractivity contribution is -0.120. The van der Waals surface area contributed by atoms with E-state index in [1.807, 2.05) is 34.1 Å². The molecule has 0 saturated carbocycles. The highest BCUT2D eigenvalue weighted by atomic mass is 35.5. The first-order chi connectivity index (χ1) is 17.0. The predicted molar refractivity (Wildman–Crippen MR) is 137 cm³/mol. The molecular formula is C26H25Cl2N5O2. The van der Waals surface area contributed by atoms with Crippen LogP contribution >= 0.6 is 23.2 Å². The van der Waals surface area contributed by atoms with E-state index < -0.39 is 0 Å². The highest BCUT2D eigenvalue weighted by molar-refractivity contribution is 6.42. The Morgan fingerprint density at radius 2 is 1.69 bits per heavy atom. The van der Waals surface area contributed by atoms with Crippen molar-refractivity contribution in [3.63, 3.8) is 0 Å². The summed E-state index contributed by atoms with van der Waals surface area (Å²) in [6, 6.07) is 16.8. The molecule has 35 heavy (non-hydrogen) atoms. The Hall–Kier alpha value is -3.16. The Bertz CT molecular complexity index is 1210. The smallest absolute Gasteiger partial charge is 0.253 e. The minimum atomic E-state index is -0.0610. The molecule has 0 spiro atoms. The molecule has 1 aromatic heterocycles. The SMILES string of the molecule is O=C(Nc1ccc(C2CCN(C(=O)c3ccc(Cl)c(Cl)c3)CC2)cc1)C1CN(c2cccnn2)C1. The lowest BCUT2D eigenvalue weighted by Gasteiger charge is -2.38. The van der Waals surface area contributed by atoms with Gasteiger partial charge in [0.25, 0.3) is 5.91 Å². The normalized spacial score (nSPS) is 16.6. The van der Waals surface area contributed by atoms with E-state index in [-0.39, 0.29) is 17.7 Å². The van der Waals surface area contributed by atoms with Crippen LogP contribution in [0.25, 0.3) is 0 Å². The van der Waals surface area contributed by atoms with Crippen LogP contribution < -0.4 is 10.2 Å². The molecule has 0 radical (unpaired) electrons. The van der Waals surface area contributed by atoms with Gasteiger partial charge in [-0.05, 0) is 66.8 Å². The molecule has 5 rings (SSSR count). The van der Waals surface area contributed by atoms with Gasteiger partial charge < -0.3 is 15.1 Å². The van der Waals surface area contributed by atoms with Crippen LogP contribution in [-0.2, 0) is 4.79 Å². The Labute approximate surface area is 214 Å². The summed E-state index contributed by atoms with van der Waals surface area (Å²) in [4.78, 5) is 29.3. The van der Waals surface area contributed by atoms with Crippen molar-refractivity contribution >= 4 is 46.5 Å². The average molecular weight is 510 g/mol. The number of anilines is 2. The van der Waals surface area contributed by atoms with Crippen LogP contribution in [-0.4, -0.2) is 53.1 Å². The summed E-state index contributed by atoms with van der Waals surface area (Å²) in [7, 11) is 0. The molecule has 2 amide bonds. The van der Waals surface area contributed by atoms with Gasteiger partial charge in [0.1, 0.15) is 0 Å². The van der Waals surface area contributed by atoms with E-state index in [1.54, 1.807) is 24.4 Å². The van der Waals surface area contributed by atoms with Crippen molar-refractivity contribution in [2.45, 2.75) is 18.8 Å². The highest BCUT2D eigenvalue weighted by Gasteiger charge is 2.33. The van der Waals surface area contributed by atoms with Crippen LogP contribution in [0, 0.1) is 5.92 Å². The number of carbonyl (C=O) groups excluding carboxylic acids is 2. The lowest BCUT2D eigenvalue weighted by Crippen LogP contribution is -2.52. The van der Waals surface area contributed by atoms with Gasteiger partial charge in [-0.15, -0.1) is 5.10 Å². The maximum absolute atomic E-state index is 12.8. The van der Waals surface area contributed by atoms with Crippen molar-refractivity contribution in [2.24, 2.45) is 5.92 Å². The standard InChI is InChI=1S/C26H25Cl2N5O2/c27-22-8-5-19(14-23(22)28)26(35)32-12-9-18(10-13-32)17-3-6-21(7-4-17)30-25(34)20-15-33(16-20)24-2-1-11-29-31-24/h1-8,11,14,18,20H,9-10,12-13,15-16H2,(H,30,34). The first-order valence-electron chi connectivity index (χ1n) is 11.7. The largest absolute Gasteiger partial charge is 0.353 e. The maximum atomic E-state index is 12.8. The number of amides is 2. The van der Waals surface area contributed by atoms with Crippen LogP contribution in [0.1, 0.15) is 34.7 Å². The van der Waals surface area contributed by atoms with E-state index in [1.165, 1.54) is 5.56 Å². The molecule has 0 atom stereocenters. The second kappa shape index (κ2) is 10.2. The molecule has 180 valence electrons. The molecule has 3 aromatic rings. The fourth-order valence-electron chi connectivity index (χ4n) is 4.60. The van der Waals surface area contributed by atoms with Gasteiger partial charge in [-0.2, -0.15) is 5.10 Å². The first-order valence-corrected chi connectivity index (χ1v) is 12.4. The molecule has 1 N–H and O–H groups in total. The highest BCUT2D eigenvalue weighted by Crippen LogP contribution is 2.31. The number of hydrogen-bond donors (Lipinski definition) is 1. The topological polar surface area (TPSA) is 78.4 Å². The fraction of sp³-hybridized carbons (Fsp3) is 0.308. The minimum absolute atomic E-state index is 0.0195. The second-order valence-corrected chi connectivity index (χ2v) is 9.80. The van der Waals surface area contributed by atoms with Gasteiger partial charge in [0, 0.05) is 43.6 Å². The summed E-state index contributed by atoms with van der Waals surface area (Å²) >= 11 is 12.0. The van der Waals surface area contributed by atoms with E-state index in [0.717, 1.165) is 24.3 Å². The average Bonchev–Trinajstić information content (AvgIpc) is 2.86. The zero-order valence-corrected chi connectivity index (χ0v) is 20.5. The summed E-state index contributed by atoms with van der Waals surface area (Å²) in [6.07, 6.45) is 3.41. The van der Waals surface area contributed by atoms with E-state index in [4.69, 9.17) is 23.2 Å². The number of benzene rings is 2. The number of rotatable bonds is 5. The molecule has 3 heterocycles. The van der Waals surface area contributed by atoms with Gasteiger partial charge in [0.15, 0.2) is 5.82 Å².